The quantitative estimate of drug-likeness (QED) is 0.595. The van der Waals surface area contributed by atoms with Crippen molar-refractivity contribution in [2.75, 3.05) is 18.8 Å². The van der Waals surface area contributed by atoms with Gasteiger partial charge in [0.2, 0.25) is 5.91 Å². The molecule has 1 aliphatic rings. The van der Waals surface area contributed by atoms with E-state index in [9.17, 15) is 9.59 Å². The van der Waals surface area contributed by atoms with E-state index in [1.807, 2.05) is 4.90 Å². The van der Waals surface area contributed by atoms with E-state index in [-0.39, 0.29) is 11.5 Å². The number of hydrogen-bond acceptors (Lipinski definition) is 5. The van der Waals surface area contributed by atoms with E-state index in [1.54, 1.807) is 11.3 Å². The Bertz CT molecular complexity index is 837. The van der Waals surface area contributed by atoms with Crippen LogP contribution in [0.4, 0.5) is 0 Å². The van der Waals surface area contributed by atoms with Crippen LogP contribution in [0.5, 0.6) is 0 Å². The minimum Gasteiger partial charge on any atom is -0.342 e. The molecule has 1 aliphatic heterocycles. The molecule has 1 N–H and O–H groups in total. The molecule has 0 aliphatic carbocycles. The number of aromatic nitrogens is 2. The third kappa shape index (κ3) is 4.31. The maximum atomic E-state index is 12.7. The van der Waals surface area contributed by atoms with Gasteiger partial charge >= 0.3 is 0 Å². The first kappa shape index (κ1) is 19.4. The van der Waals surface area contributed by atoms with Gasteiger partial charge in [-0.15, -0.1) is 11.3 Å². The molecule has 0 spiro atoms. The molecule has 0 radical (unpaired) electrons. The molecule has 26 heavy (non-hydrogen) atoms. The largest absolute Gasteiger partial charge is 0.342 e. The molecule has 0 aromatic carbocycles. The molecule has 2 aromatic rings. The van der Waals surface area contributed by atoms with Crippen molar-refractivity contribution in [3.63, 3.8) is 0 Å². The van der Waals surface area contributed by atoms with Crippen LogP contribution in [0, 0.1) is 12.8 Å². The van der Waals surface area contributed by atoms with E-state index in [0.29, 0.717) is 16.8 Å². The molecule has 0 unspecified atom stereocenters. The van der Waals surface area contributed by atoms with Crippen molar-refractivity contribution in [1.29, 1.82) is 0 Å². The number of hydrogen-bond donors (Lipinski definition) is 1. The minimum absolute atomic E-state index is 0.0782. The highest BCUT2D eigenvalue weighted by Gasteiger charge is 2.19. The van der Waals surface area contributed by atoms with Gasteiger partial charge in [0.1, 0.15) is 4.83 Å². The molecule has 0 bridgehead atoms. The van der Waals surface area contributed by atoms with Crippen LogP contribution in [-0.4, -0.2) is 39.6 Å². The summed E-state index contributed by atoms with van der Waals surface area (Å²) in [6.45, 7) is 8.15. The second-order valence-corrected chi connectivity index (χ2v) is 9.30. The van der Waals surface area contributed by atoms with Gasteiger partial charge in [0.15, 0.2) is 5.16 Å². The number of carbonyl (C=O) groups is 1. The Kier molecular flexibility index (Phi) is 6.40. The maximum Gasteiger partial charge on any atom is 0.260 e. The van der Waals surface area contributed by atoms with Gasteiger partial charge in [0.25, 0.3) is 5.56 Å². The lowest BCUT2D eigenvalue weighted by atomic mass is 9.98. The summed E-state index contributed by atoms with van der Waals surface area (Å²) in [7, 11) is 0. The molecule has 3 rings (SSSR count). The number of aryl methyl sites for hydroxylation is 1. The zero-order valence-corrected chi connectivity index (χ0v) is 17.4. The fraction of sp³-hybridized carbons (Fsp3) is 0.632. The van der Waals surface area contributed by atoms with Crippen LogP contribution in [0.2, 0.25) is 0 Å². The number of nitrogens with zero attached hydrogens (tertiary/aromatic N) is 2. The van der Waals surface area contributed by atoms with Crippen molar-refractivity contribution in [3.8, 4) is 0 Å². The van der Waals surface area contributed by atoms with Gasteiger partial charge in [-0.1, -0.05) is 32.0 Å². The summed E-state index contributed by atoms with van der Waals surface area (Å²) >= 11 is 2.92. The number of thiophene rings is 1. The summed E-state index contributed by atoms with van der Waals surface area (Å²) in [5, 5.41) is 1.28. The summed E-state index contributed by atoms with van der Waals surface area (Å²) in [6, 6.07) is 0. The monoisotopic (exact) mass is 393 g/mol. The number of nitrogens with one attached hydrogen (secondary N) is 1. The molecule has 1 saturated heterocycles. The molecule has 7 heteroatoms. The average Bonchev–Trinajstić information content (AvgIpc) is 2.96. The predicted octanol–water partition coefficient (Wildman–Crippen LogP) is 3.99. The van der Waals surface area contributed by atoms with E-state index < -0.39 is 0 Å². The van der Waals surface area contributed by atoms with Gasteiger partial charge in [-0.25, -0.2) is 4.98 Å². The van der Waals surface area contributed by atoms with Crippen molar-refractivity contribution < 1.29 is 4.79 Å². The van der Waals surface area contributed by atoms with Crippen molar-refractivity contribution >= 4 is 39.2 Å². The molecule has 1 amide bonds. The van der Waals surface area contributed by atoms with E-state index in [1.165, 1.54) is 23.1 Å². The van der Waals surface area contributed by atoms with Gasteiger partial charge in [-0.05, 0) is 44.1 Å². The highest BCUT2D eigenvalue weighted by molar-refractivity contribution is 7.99. The Balaban J connectivity index is 1.76. The number of amides is 1. The van der Waals surface area contributed by atoms with Crippen molar-refractivity contribution in [2.24, 2.45) is 5.92 Å². The zero-order chi connectivity index (χ0) is 18.7. The first-order valence-electron chi connectivity index (χ1n) is 9.42. The van der Waals surface area contributed by atoms with Crippen molar-refractivity contribution in [2.45, 2.75) is 58.0 Å². The Morgan fingerprint density at radius 1 is 1.35 bits per heavy atom. The third-order valence-corrected chi connectivity index (χ3v) is 7.03. The molecule has 1 fully saturated rings. The smallest absolute Gasteiger partial charge is 0.260 e. The molecule has 2 aromatic heterocycles. The highest BCUT2D eigenvalue weighted by Crippen LogP contribution is 2.30. The van der Waals surface area contributed by atoms with Crippen LogP contribution < -0.4 is 5.56 Å². The summed E-state index contributed by atoms with van der Waals surface area (Å²) in [5.74, 6) is 1.01. The van der Waals surface area contributed by atoms with E-state index in [0.717, 1.165) is 54.6 Å². The number of rotatable bonds is 6. The zero-order valence-electron chi connectivity index (χ0n) is 15.8. The Hall–Kier alpha value is -1.34. The lowest BCUT2D eigenvalue weighted by Gasteiger charge is -2.26. The van der Waals surface area contributed by atoms with Gasteiger partial charge in [-0.3, -0.25) is 9.59 Å². The van der Waals surface area contributed by atoms with Crippen LogP contribution in [0.3, 0.4) is 0 Å². The van der Waals surface area contributed by atoms with Gasteiger partial charge < -0.3 is 9.88 Å². The first-order chi connectivity index (χ1) is 12.5. The average molecular weight is 394 g/mol. The van der Waals surface area contributed by atoms with Gasteiger partial charge in [0.05, 0.1) is 11.1 Å². The van der Waals surface area contributed by atoms with Crippen molar-refractivity contribution in [3.05, 3.63) is 20.8 Å². The summed E-state index contributed by atoms with van der Waals surface area (Å²) in [5.41, 5.74) is 1.06. The van der Waals surface area contributed by atoms with Crippen LogP contribution in [0.25, 0.3) is 10.2 Å². The number of likely N-dealkylation sites (tertiary alicyclic amines) is 1. The summed E-state index contributed by atoms with van der Waals surface area (Å²) < 4.78 is 0. The van der Waals surface area contributed by atoms with Crippen molar-refractivity contribution in [1.82, 2.24) is 14.9 Å². The lowest BCUT2D eigenvalue weighted by molar-refractivity contribution is -0.129. The Morgan fingerprint density at radius 2 is 2.08 bits per heavy atom. The number of piperidine rings is 1. The first-order valence-corrected chi connectivity index (χ1v) is 11.2. The van der Waals surface area contributed by atoms with E-state index in [4.69, 9.17) is 0 Å². The maximum absolute atomic E-state index is 12.7. The van der Waals surface area contributed by atoms with E-state index >= 15 is 0 Å². The van der Waals surface area contributed by atoms with Gasteiger partial charge in [0, 0.05) is 18.0 Å². The lowest BCUT2D eigenvalue weighted by Crippen LogP contribution is -2.36. The third-order valence-electron chi connectivity index (χ3n) is 5.13. The number of thioether (sulfide) groups is 1. The van der Waals surface area contributed by atoms with Crippen LogP contribution in [0.15, 0.2) is 9.95 Å². The number of carbonyl (C=O) groups excluding carboxylic acids is 1. The molecule has 0 saturated carbocycles. The number of fused-ring (bicyclic) bond motifs is 1. The SMILES string of the molecule is CC[C@@H](C)Cc1c(C)sc2nc(SCC(=O)N3CCCCC3)[nH]c(=O)c12. The molecule has 3 heterocycles. The van der Waals surface area contributed by atoms with Gasteiger partial charge in [-0.2, -0.15) is 0 Å². The standard InChI is InChI=1S/C19H27N3O2S2/c1-4-12(2)10-14-13(3)26-18-16(14)17(24)20-19(21-18)25-11-15(23)22-8-6-5-7-9-22/h12H,4-11H2,1-3H3,(H,20,21,24)/t12-/m1/s1. The molecule has 1 atom stereocenters. The Morgan fingerprint density at radius 3 is 2.77 bits per heavy atom. The fourth-order valence-electron chi connectivity index (χ4n) is 3.33. The number of H-pyrrole nitrogens is 1. The minimum atomic E-state index is -0.0782. The summed E-state index contributed by atoms with van der Waals surface area (Å²) in [4.78, 5) is 36.4. The molecular weight excluding hydrogens is 366 g/mol. The Labute approximate surface area is 162 Å². The molecular formula is C19H27N3O2S2. The van der Waals surface area contributed by atoms with Crippen LogP contribution in [0.1, 0.15) is 50.0 Å². The van der Waals surface area contributed by atoms with E-state index in [2.05, 4.69) is 30.7 Å². The second-order valence-electron chi connectivity index (χ2n) is 7.14. The highest BCUT2D eigenvalue weighted by atomic mass is 32.2. The predicted molar refractivity (Wildman–Crippen MR) is 109 cm³/mol. The molecule has 142 valence electrons. The second kappa shape index (κ2) is 8.57. The normalized spacial score (nSPS) is 16.2. The fourth-order valence-corrected chi connectivity index (χ4v) is 5.20. The van der Waals surface area contributed by atoms with Crippen LogP contribution in [-0.2, 0) is 11.2 Å². The topological polar surface area (TPSA) is 66.1 Å². The molecule has 5 nitrogen and oxygen atoms in total. The van der Waals surface area contributed by atoms with Crippen LogP contribution >= 0.6 is 23.1 Å². The number of aromatic amines is 1. The summed E-state index contributed by atoms with van der Waals surface area (Å²) in [6.07, 6.45) is 5.39.